The third-order valence-electron chi connectivity index (χ3n) is 4.24. The highest BCUT2D eigenvalue weighted by molar-refractivity contribution is 6.33. The van der Waals surface area contributed by atoms with Gasteiger partial charge in [-0.25, -0.2) is 4.79 Å². The number of nitrogens with zero attached hydrogens (tertiary/aromatic N) is 2. The summed E-state index contributed by atoms with van der Waals surface area (Å²) < 4.78 is 0. The summed E-state index contributed by atoms with van der Waals surface area (Å²) in [6.07, 6.45) is 1.00. The topological polar surface area (TPSA) is 35.6 Å². The minimum absolute atomic E-state index is 0.0936. The van der Waals surface area contributed by atoms with Crippen LogP contribution in [0.15, 0.2) is 18.2 Å². The number of likely N-dealkylation sites (tertiary alicyclic amines) is 1. The van der Waals surface area contributed by atoms with Gasteiger partial charge < -0.3 is 15.1 Å². The summed E-state index contributed by atoms with van der Waals surface area (Å²) in [5, 5.41) is 3.49. The number of anilines is 1. The van der Waals surface area contributed by atoms with Gasteiger partial charge in [0.15, 0.2) is 0 Å². The summed E-state index contributed by atoms with van der Waals surface area (Å²) in [6, 6.07) is 5.81. The number of urea groups is 1. The molecule has 1 aliphatic rings. The predicted molar refractivity (Wildman–Crippen MR) is 88.0 cm³/mol. The lowest BCUT2D eigenvalue weighted by atomic mass is 9.93. The molecule has 2 rings (SSSR count). The lowest BCUT2D eigenvalue weighted by Gasteiger charge is -2.39. The Hall–Kier alpha value is -1.26. The van der Waals surface area contributed by atoms with Crippen LogP contribution in [0.5, 0.6) is 0 Å². The van der Waals surface area contributed by atoms with E-state index in [9.17, 15) is 4.79 Å². The van der Waals surface area contributed by atoms with Crippen LogP contribution in [0.1, 0.15) is 18.9 Å². The van der Waals surface area contributed by atoms with Crippen LogP contribution in [0.4, 0.5) is 10.5 Å². The van der Waals surface area contributed by atoms with Crippen molar-refractivity contribution in [1.29, 1.82) is 0 Å². The molecule has 5 heteroatoms. The third kappa shape index (κ3) is 3.89. The maximum atomic E-state index is 12.4. The molecule has 0 saturated carbocycles. The SMILES string of the molecule is Cc1ccc(Cl)c(NC(=O)N(C)[C@H]2CCN(C)C[C@H]2C)c1. The van der Waals surface area contributed by atoms with E-state index in [4.69, 9.17) is 11.6 Å². The van der Waals surface area contributed by atoms with Gasteiger partial charge in [-0.15, -0.1) is 0 Å². The van der Waals surface area contributed by atoms with E-state index in [0.29, 0.717) is 16.6 Å². The molecule has 2 atom stereocenters. The Bertz CT molecular complexity index is 520. The number of carbonyl (C=O) groups is 1. The van der Waals surface area contributed by atoms with Gasteiger partial charge in [-0.1, -0.05) is 24.6 Å². The second kappa shape index (κ2) is 6.67. The Morgan fingerprint density at radius 3 is 2.86 bits per heavy atom. The maximum Gasteiger partial charge on any atom is 0.321 e. The van der Waals surface area contributed by atoms with Gasteiger partial charge in [0, 0.05) is 19.6 Å². The van der Waals surface area contributed by atoms with Crippen molar-refractivity contribution >= 4 is 23.3 Å². The van der Waals surface area contributed by atoms with Gasteiger partial charge >= 0.3 is 6.03 Å². The minimum atomic E-state index is -0.0936. The molecular weight excluding hydrogens is 286 g/mol. The van der Waals surface area contributed by atoms with Crippen LogP contribution in [0.3, 0.4) is 0 Å². The predicted octanol–water partition coefficient (Wildman–Crippen LogP) is 3.45. The Kier molecular flexibility index (Phi) is 5.12. The van der Waals surface area contributed by atoms with E-state index in [2.05, 4.69) is 24.2 Å². The Morgan fingerprint density at radius 2 is 2.19 bits per heavy atom. The summed E-state index contributed by atoms with van der Waals surface area (Å²) in [5.41, 5.74) is 1.75. The highest BCUT2D eigenvalue weighted by atomic mass is 35.5. The van der Waals surface area contributed by atoms with Gasteiger partial charge in [0.1, 0.15) is 0 Å². The van der Waals surface area contributed by atoms with Gasteiger partial charge in [0.05, 0.1) is 10.7 Å². The molecule has 1 aliphatic heterocycles. The van der Waals surface area contributed by atoms with E-state index in [-0.39, 0.29) is 12.1 Å². The Balaban J connectivity index is 2.04. The molecule has 0 radical (unpaired) electrons. The third-order valence-corrected chi connectivity index (χ3v) is 4.57. The first-order valence-corrected chi connectivity index (χ1v) is 7.74. The van der Waals surface area contributed by atoms with Crippen LogP contribution in [-0.2, 0) is 0 Å². The molecule has 1 heterocycles. The average Bonchev–Trinajstić information content (AvgIpc) is 2.42. The van der Waals surface area contributed by atoms with Crippen molar-refractivity contribution in [2.75, 3.05) is 32.5 Å². The van der Waals surface area contributed by atoms with Crippen molar-refractivity contribution in [2.45, 2.75) is 26.3 Å². The molecule has 4 nitrogen and oxygen atoms in total. The van der Waals surface area contributed by atoms with E-state index in [1.54, 1.807) is 0 Å². The zero-order chi connectivity index (χ0) is 15.6. The molecular formula is C16H24ClN3O. The summed E-state index contributed by atoms with van der Waals surface area (Å²) in [6.45, 7) is 6.23. The number of benzene rings is 1. The van der Waals surface area contributed by atoms with Crippen LogP contribution >= 0.6 is 11.6 Å². The lowest BCUT2D eigenvalue weighted by molar-refractivity contribution is 0.113. The van der Waals surface area contributed by atoms with E-state index in [0.717, 1.165) is 25.1 Å². The van der Waals surface area contributed by atoms with Crippen molar-refractivity contribution in [1.82, 2.24) is 9.80 Å². The van der Waals surface area contributed by atoms with E-state index in [1.165, 1.54) is 0 Å². The van der Waals surface area contributed by atoms with Crippen LogP contribution in [-0.4, -0.2) is 49.1 Å². The fourth-order valence-electron chi connectivity index (χ4n) is 3.01. The van der Waals surface area contributed by atoms with Crippen molar-refractivity contribution in [3.05, 3.63) is 28.8 Å². The second-order valence-electron chi connectivity index (χ2n) is 6.12. The smallest absolute Gasteiger partial charge is 0.321 e. The van der Waals surface area contributed by atoms with Crippen LogP contribution in [0.2, 0.25) is 5.02 Å². The number of piperidine rings is 1. The molecule has 1 N–H and O–H groups in total. The van der Waals surface area contributed by atoms with Crippen molar-refractivity contribution < 1.29 is 4.79 Å². The van der Waals surface area contributed by atoms with Gasteiger partial charge in [-0.2, -0.15) is 0 Å². The number of hydrogen-bond donors (Lipinski definition) is 1. The van der Waals surface area contributed by atoms with Crippen molar-refractivity contribution in [2.24, 2.45) is 5.92 Å². The summed E-state index contributed by atoms with van der Waals surface area (Å²) >= 11 is 6.14. The Labute approximate surface area is 132 Å². The first-order valence-electron chi connectivity index (χ1n) is 7.37. The van der Waals surface area contributed by atoms with E-state index in [1.807, 2.05) is 37.1 Å². The number of aryl methyl sites for hydroxylation is 1. The van der Waals surface area contributed by atoms with Crippen molar-refractivity contribution in [3.8, 4) is 0 Å². The standard InChI is InChI=1S/C16H24ClN3O/c1-11-5-6-13(17)14(9-11)18-16(21)20(4)15-7-8-19(3)10-12(15)2/h5-6,9,12,15H,7-8,10H2,1-4H3,(H,18,21)/t12-,15+/m1/s1. The normalized spacial score (nSPS) is 22.9. The number of amides is 2. The molecule has 21 heavy (non-hydrogen) atoms. The van der Waals surface area contributed by atoms with E-state index < -0.39 is 0 Å². The summed E-state index contributed by atoms with van der Waals surface area (Å²) in [4.78, 5) is 16.6. The minimum Gasteiger partial charge on any atom is -0.324 e. The van der Waals surface area contributed by atoms with Crippen LogP contribution < -0.4 is 5.32 Å². The zero-order valence-electron chi connectivity index (χ0n) is 13.2. The quantitative estimate of drug-likeness (QED) is 0.908. The van der Waals surface area contributed by atoms with Gasteiger partial charge in [0.25, 0.3) is 0 Å². The molecule has 2 amide bonds. The van der Waals surface area contributed by atoms with Gasteiger partial charge in [-0.3, -0.25) is 0 Å². The molecule has 0 aromatic heterocycles. The lowest BCUT2D eigenvalue weighted by Crippen LogP contribution is -2.50. The molecule has 116 valence electrons. The van der Waals surface area contributed by atoms with Gasteiger partial charge in [0.2, 0.25) is 0 Å². The molecule has 0 unspecified atom stereocenters. The van der Waals surface area contributed by atoms with Crippen LogP contribution in [0, 0.1) is 12.8 Å². The molecule has 1 aromatic carbocycles. The monoisotopic (exact) mass is 309 g/mol. The number of carbonyl (C=O) groups excluding carboxylic acids is 1. The highest BCUT2D eigenvalue weighted by Crippen LogP contribution is 2.25. The van der Waals surface area contributed by atoms with E-state index >= 15 is 0 Å². The van der Waals surface area contributed by atoms with Crippen molar-refractivity contribution in [3.63, 3.8) is 0 Å². The highest BCUT2D eigenvalue weighted by Gasteiger charge is 2.30. The zero-order valence-corrected chi connectivity index (χ0v) is 13.9. The fourth-order valence-corrected chi connectivity index (χ4v) is 3.17. The molecule has 1 fully saturated rings. The molecule has 0 spiro atoms. The maximum absolute atomic E-state index is 12.4. The summed E-state index contributed by atoms with van der Waals surface area (Å²) in [5.74, 6) is 0.465. The first kappa shape index (κ1) is 16.1. The molecule has 1 aromatic rings. The molecule has 1 saturated heterocycles. The average molecular weight is 310 g/mol. The largest absolute Gasteiger partial charge is 0.324 e. The number of halogens is 1. The number of rotatable bonds is 2. The first-order chi connectivity index (χ1) is 9.88. The Morgan fingerprint density at radius 1 is 1.48 bits per heavy atom. The van der Waals surface area contributed by atoms with Gasteiger partial charge in [-0.05, 0) is 50.6 Å². The number of hydrogen-bond acceptors (Lipinski definition) is 2. The van der Waals surface area contributed by atoms with Crippen LogP contribution in [0.25, 0.3) is 0 Å². The molecule has 0 aliphatic carbocycles. The fraction of sp³-hybridized carbons (Fsp3) is 0.562. The number of nitrogens with one attached hydrogen (secondary N) is 1. The second-order valence-corrected chi connectivity index (χ2v) is 6.53. The summed E-state index contributed by atoms with van der Waals surface area (Å²) in [7, 11) is 3.99. The molecule has 0 bridgehead atoms.